The SMILES string of the molecule is O=C1CCCCN1CCCC(=O)N1CC(Oc2ccc(F)cc2)C1. The first kappa shape index (κ1) is 16.7. The third-order valence-corrected chi connectivity index (χ3v) is 4.56. The van der Waals surface area contributed by atoms with Gasteiger partial charge in [0.05, 0.1) is 13.1 Å². The monoisotopic (exact) mass is 334 g/mol. The first-order chi connectivity index (χ1) is 11.6. The van der Waals surface area contributed by atoms with Gasteiger partial charge in [-0.3, -0.25) is 9.59 Å². The summed E-state index contributed by atoms with van der Waals surface area (Å²) in [6.07, 6.45) is 3.84. The van der Waals surface area contributed by atoms with Crippen molar-refractivity contribution in [1.29, 1.82) is 0 Å². The van der Waals surface area contributed by atoms with Crippen LogP contribution < -0.4 is 4.74 Å². The minimum Gasteiger partial charge on any atom is -0.487 e. The largest absolute Gasteiger partial charge is 0.487 e. The molecule has 130 valence electrons. The van der Waals surface area contributed by atoms with E-state index in [0.29, 0.717) is 44.6 Å². The number of nitrogens with zero attached hydrogens (tertiary/aromatic N) is 2. The van der Waals surface area contributed by atoms with E-state index in [9.17, 15) is 14.0 Å². The van der Waals surface area contributed by atoms with E-state index in [1.807, 2.05) is 4.90 Å². The fourth-order valence-corrected chi connectivity index (χ4v) is 3.10. The first-order valence-electron chi connectivity index (χ1n) is 8.59. The summed E-state index contributed by atoms with van der Waals surface area (Å²) in [6.45, 7) is 2.63. The van der Waals surface area contributed by atoms with Crippen molar-refractivity contribution in [3.63, 3.8) is 0 Å². The van der Waals surface area contributed by atoms with Crippen LogP contribution in [0, 0.1) is 5.82 Å². The highest BCUT2D eigenvalue weighted by Gasteiger charge is 2.32. The van der Waals surface area contributed by atoms with E-state index in [4.69, 9.17) is 4.74 Å². The van der Waals surface area contributed by atoms with Crippen LogP contribution in [0.5, 0.6) is 5.75 Å². The lowest BCUT2D eigenvalue weighted by Crippen LogP contribution is -2.56. The predicted octanol–water partition coefficient (Wildman–Crippen LogP) is 2.21. The summed E-state index contributed by atoms with van der Waals surface area (Å²) in [7, 11) is 0. The molecule has 2 saturated heterocycles. The highest BCUT2D eigenvalue weighted by Crippen LogP contribution is 2.19. The maximum absolute atomic E-state index is 12.8. The van der Waals surface area contributed by atoms with E-state index < -0.39 is 0 Å². The Morgan fingerprint density at radius 2 is 1.96 bits per heavy atom. The Morgan fingerprint density at radius 1 is 1.21 bits per heavy atom. The van der Waals surface area contributed by atoms with Gasteiger partial charge >= 0.3 is 0 Å². The molecule has 0 aromatic heterocycles. The maximum Gasteiger partial charge on any atom is 0.222 e. The van der Waals surface area contributed by atoms with Crippen molar-refractivity contribution < 1.29 is 18.7 Å². The van der Waals surface area contributed by atoms with E-state index in [1.54, 1.807) is 17.0 Å². The van der Waals surface area contributed by atoms with Gasteiger partial charge in [-0.2, -0.15) is 0 Å². The summed E-state index contributed by atoms with van der Waals surface area (Å²) in [6, 6.07) is 5.91. The molecule has 24 heavy (non-hydrogen) atoms. The van der Waals surface area contributed by atoms with Gasteiger partial charge in [-0.25, -0.2) is 4.39 Å². The van der Waals surface area contributed by atoms with Crippen LogP contribution in [0.2, 0.25) is 0 Å². The molecular weight excluding hydrogens is 311 g/mol. The Labute approximate surface area is 141 Å². The van der Waals surface area contributed by atoms with Crippen molar-refractivity contribution in [2.75, 3.05) is 26.2 Å². The molecular formula is C18H23FN2O3. The molecule has 0 N–H and O–H groups in total. The van der Waals surface area contributed by atoms with Gasteiger partial charge in [0.1, 0.15) is 17.7 Å². The summed E-state index contributed by atoms with van der Waals surface area (Å²) in [5, 5.41) is 0. The minimum atomic E-state index is -0.292. The standard InChI is InChI=1S/C18H23FN2O3/c19-14-6-8-15(9-7-14)24-16-12-21(13-16)18(23)5-3-11-20-10-2-1-4-17(20)22/h6-9,16H,1-5,10-13H2. The van der Waals surface area contributed by atoms with Gasteiger partial charge < -0.3 is 14.5 Å². The number of carbonyl (C=O) groups is 2. The van der Waals surface area contributed by atoms with Crippen LogP contribution in [0.4, 0.5) is 4.39 Å². The molecule has 0 spiro atoms. The van der Waals surface area contributed by atoms with Crippen molar-refractivity contribution in [3.05, 3.63) is 30.1 Å². The third kappa shape index (κ3) is 4.24. The zero-order valence-corrected chi connectivity index (χ0v) is 13.7. The van der Waals surface area contributed by atoms with Gasteiger partial charge in [0.15, 0.2) is 0 Å². The van der Waals surface area contributed by atoms with E-state index in [1.165, 1.54) is 12.1 Å². The number of rotatable bonds is 6. The average molecular weight is 334 g/mol. The van der Waals surface area contributed by atoms with Gasteiger partial charge in [0.25, 0.3) is 0 Å². The van der Waals surface area contributed by atoms with Crippen molar-refractivity contribution in [2.24, 2.45) is 0 Å². The molecule has 0 bridgehead atoms. The second-order valence-corrected chi connectivity index (χ2v) is 6.43. The van der Waals surface area contributed by atoms with Gasteiger partial charge in [0, 0.05) is 25.9 Å². The van der Waals surface area contributed by atoms with Crippen LogP contribution in [-0.2, 0) is 9.59 Å². The molecule has 2 fully saturated rings. The van der Waals surface area contributed by atoms with Gasteiger partial charge in [-0.1, -0.05) is 0 Å². The maximum atomic E-state index is 12.8. The van der Waals surface area contributed by atoms with Gasteiger partial charge in [-0.15, -0.1) is 0 Å². The number of piperidine rings is 1. The molecule has 1 aromatic carbocycles. The second-order valence-electron chi connectivity index (χ2n) is 6.43. The normalized spacial score (nSPS) is 18.5. The Morgan fingerprint density at radius 3 is 2.67 bits per heavy atom. The zero-order valence-electron chi connectivity index (χ0n) is 13.7. The van der Waals surface area contributed by atoms with Crippen LogP contribution in [-0.4, -0.2) is 53.9 Å². The Bertz CT molecular complexity index is 584. The number of carbonyl (C=O) groups excluding carboxylic acids is 2. The molecule has 5 nitrogen and oxygen atoms in total. The van der Waals surface area contributed by atoms with Gasteiger partial charge in [0.2, 0.25) is 11.8 Å². The number of likely N-dealkylation sites (tertiary alicyclic amines) is 2. The molecule has 0 radical (unpaired) electrons. The number of hydrogen-bond donors (Lipinski definition) is 0. The quantitative estimate of drug-likeness (QED) is 0.801. The lowest BCUT2D eigenvalue weighted by molar-refractivity contribution is -0.141. The molecule has 0 saturated carbocycles. The summed E-state index contributed by atoms with van der Waals surface area (Å²) >= 11 is 0. The number of halogens is 1. The van der Waals surface area contributed by atoms with Crippen LogP contribution in [0.1, 0.15) is 32.1 Å². The molecule has 1 aromatic rings. The average Bonchev–Trinajstić information content (AvgIpc) is 2.54. The summed E-state index contributed by atoms with van der Waals surface area (Å²) in [5.41, 5.74) is 0. The summed E-state index contributed by atoms with van der Waals surface area (Å²) in [4.78, 5) is 27.4. The highest BCUT2D eigenvalue weighted by molar-refractivity contribution is 5.78. The minimum absolute atomic E-state index is 0.0249. The van der Waals surface area contributed by atoms with E-state index in [0.717, 1.165) is 19.4 Å². The number of ether oxygens (including phenoxy) is 1. The number of amides is 2. The van der Waals surface area contributed by atoms with E-state index in [-0.39, 0.29) is 23.7 Å². The van der Waals surface area contributed by atoms with Crippen molar-refractivity contribution in [2.45, 2.75) is 38.2 Å². The van der Waals surface area contributed by atoms with Crippen LogP contribution in [0.3, 0.4) is 0 Å². The van der Waals surface area contributed by atoms with Crippen LogP contribution in [0.25, 0.3) is 0 Å². The topological polar surface area (TPSA) is 49.9 Å². The lowest BCUT2D eigenvalue weighted by Gasteiger charge is -2.39. The van der Waals surface area contributed by atoms with Crippen LogP contribution >= 0.6 is 0 Å². The molecule has 0 aliphatic carbocycles. The highest BCUT2D eigenvalue weighted by atomic mass is 19.1. The molecule has 0 unspecified atom stereocenters. The molecule has 0 atom stereocenters. The Hall–Kier alpha value is -2.11. The third-order valence-electron chi connectivity index (χ3n) is 4.56. The summed E-state index contributed by atoms with van der Waals surface area (Å²) < 4.78 is 18.5. The fourth-order valence-electron chi connectivity index (χ4n) is 3.10. The molecule has 6 heteroatoms. The molecule has 3 rings (SSSR count). The smallest absolute Gasteiger partial charge is 0.222 e. The first-order valence-corrected chi connectivity index (χ1v) is 8.59. The number of hydrogen-bond acceptors (Lipinski definition) is 3. The fraction of sp³-hybridized carbons (Fsp3) is 0.556. The van der Waals surface area contributed by atoms with Crippen molar-refractivity contribution in [3.8, 4) is 5.75 Å². The van der Waals surface area contributed by atoms with E-state index in [2.05, 4.69) is 0 Å². The molecule has 2 amide bonds. The Kier molecular flexibility index (Phi) is 5.33. The van der Waals surface area contributed by atoms with Crippen molar-refractivity contribution >= 4 is 11.8 Å². The second kappa shape index (κ2) is 7.64. The predicted molar refractivity (Wildman–Crippen MR) is 87.1 cm³/mol. The zero-order chi connectivity index (χ0) is 16.9. The molecule has 2 aliphatic heterocycles. The lowest BCUT2D eigenvalue weighted by atomic mass is 10.1. The van der Waals surface area contributed by atoms with Crippen molar-refractivity contribution in [1.82, 2.24) is 9.80 Å². The molecule has 2 aliphatic rings. The Balaban J connectivity index is 1.33. The van der Waals surface area contributed by atoms with E-state index >= 15 is 0 Å². The van der Waals surface area contributed by atoms with Crippen LogP contribution in [0.15, 0.2) is 24.3 Å². The summed E-state index contributed by atoms with van der Waals surface area (Å²) in [5.74, 6) is 0.654. The molecule has 2 heterocycles. The van der Waals surface area contributed by atoms with Gasteiger partial charge in [-0.05, 0) is 43.5 Å². The number of benzene rings is 1.